The van der Waals surface area contributed by atoms with Gasteiger partial charge in [-0.25, -0.2) is 10.0 Å². The summed E-state index contributed by atoms with van der Waals surface area (Å²) in [4.78, 5) is 30.2. The monoisotopic (exact) mass is 607 g/mol. The van der Waals surface area contributed by atoms with Gasteiger partial charge in [-0.05, 0) is 80.0 Å². The molecule has 0 saturated heterocycles. The third kappa shape index (κ3) is 8.53. The van der Waals surface area contributed by atoms with E-state index in [1.165, 1.54) is 11.8 Å². The van der Waals surface area contributed by atoms with Crippen LogP contribution in [0.2, 0.25) is 5.02 Å². The smallest absolute Gasteiger partial charge is 0.216 e. The van der Waals surface area contributed by atoms with Gasteiger partial charge in [0.2, 0.25) is 5.91 Å². The Hall–Kier alpha value is -3.95. The predicted octanol–water partition coefficient (Wildman–Crippen LogP) is 6.43. The third-order valence-corrected chi connectivity index (χ3v) is 8.19. The molecule has 10 heteroatoms. The Morgan fingerprint density at radius 1 is 1.02 bits per heavy atom. The van der Waals surface area contributed by atoms with E-state index >= 15 is 0 Å². The highest BCUT2D eigenvalue weighted by atomic mass is 35.5. The van der Waals surface area contributed by atoms with Gasteiger partial charge in [0.25, 0.3) is 0 Å². The van der Waals surface area contributed by atoms with Crippen LogP contribution in [0.25, 0.3) is 0 Å². The van der Waals surface area contributed by atoms with Crippen LogP contribution < -0.4 is 15.0 Å². The molecule has 0 unspecified atom stereocenters. The molecule has 0 atom stereocenters. The molecule has 42 heavy (non-hydrogen) atoms. The molecular formula is C32H38ClN5O3S. The van der Waals surface area contributed by atoms with Gasteiger partial charge in [-0.15, -0.1) is 0 Å². The van der Waals surface area contributed by atoms with Gasteiger partial charge in [0.1, 0.15) is 17.4 Å². The largest absolute Gasteiger partial charge is 0.485 e. The minimum atomic E-state index is -0.853. The van der Waals surface area contributed by atoms with Crippen LogP contribution in [0.4, 0.5) is 5.69 Å². The zero-order valence-corrected chi connectivity index (χ0v) is 26.4. The zero-order valence-electron chi connectivity index (χ0n) is 24.9. The Labute approximate surface area is 254 Å². The number of rotatable bonds is 7. The highest BCUT2D eigenvalue weighted by Crippen LogP contribution is 2.44. The second kappa shape index (κ2) is 14.3. The van der Waals surface area contributed by atoms with Crippen molar-refractivity contribution in [1.82, 2.24) is 5.32 Å². The molecule has 1 heterocycles. The molecule has 0 radical (unpaired) electrons. The quantitative estimate of drug-likeness (QED) is 0.163. The fraction of sp³-hybridized carbons (Fsp3) is 0.281. The van der Waals surface area contributed by atoms with E-state index in [9.17, 15) is 9.59 Å². The average Bonchev–Trinajstić information content (AvgIpc) is 3.07. The van der Waals surface area contributed by atoms with E-state index in [1.807, 2.05) is 49.4 Å². The molecule has 3 N–H and O–H groups in total. The first kappa shape index (κ1) is 32.6. The second-order valence-corrected chi connectivity index (χ2v) is 15.0. The minimum absolute atomic E-state index is 0.0394. The number of benzene rings is 3. The van der Waals surface area contributed by atoms with Crippen LogP contribution in [0.5, 0.6) is 5.75 Å². The SMILES string of the molecule is CC(=N)N1C(=N)CN=C(c2ccc(Cl)cc2)c2cc(OCC(=O)c3ccc(S(C)(C)C)cc3)ccc21.CCNC(C)=O. The van der Waals surface area contributed by atoms with Crippen LogP contribution in [0.1, 0.15) is 42.3 Å². The Bertz CT molecular complexity index is 1500. The zero-order chi connectivity index (χ0) is 31.0. The van der Waals surface area contributed by atoms with E-state index in [2.05, 4.69) is 29.1 Å². The van der Waals surface area contributed by atoms with E-state index in [0.717, 1.165) is 12.1 Å². The van der Waals surface area contributed by atoms with Crippen LogP contribution in [-0.4, -0.2) is 67.5 Å². The molecule has 0 bridgehead atoms. The number of hydrogen-bond donors (Lipinski definition) is 3. The number of hydrogen-bond acceptors (Lipinski definition) is 6. The van der Waals surface area contributed by atoms with Crippen molar-refractivity contribution in [2.24, 2.45) is 4.99 Å². The summed E-state index contributed by atoms with van der Waals surface area (Å²) in [6, 6.07) is 20.5. The number of nitrogens with zero attached hydrogens (tertiary/aromatic N) is 2. The first-order chi connectivity index (χ1) is 19.8. The summed E-state index contributed by atoms with van der Waals surface area (Å²) in [7, 11) is -0.853. The Kier molecular flexibility index (Phi) is 11.1. The maximum absolute atomic E-state index is 12.8. The van der Waals surface area contributed by atoms with Crippen LogP contribution >= 0.6 is 21.6 Å². The molecule has 4 rings (SSSR count). The van der Waals surface area contributed by atoms with Crippen molar-refractivity contribution < 1.29 is 14.3 Å². The Morgan fingerprint density at radius 2 is 1.67 bits per heavy atom. The maximum atomic E-state index is 12.8. The van der Waals surface area contributed by atoms with Crippen molar-refractivity contribution in [1.29, 1.82) is 10.8 Å². The molecule has 0 saturated carbocycles. The van der Waals surface area contributed by atoms with Crippen LogP contribution in [0.3, 0.4) is 0 Å². The molecule has 0 aromatic heterocycles. The molecule has 1 amide bonds. The van der Waals surface area contributed by atoms with Gasteiger partial charge in [-0.2, -0.15) is 0 Å². The molecule has 3 aromatic carbocycles. The number of fused-ring (bicyclic) bond motifs is 1. The molecule has 8 nitrogen and oxygen atoms in total. The van der Waals surface area contributed by atoms with Gasteiger partial charge >= 0.3 is 0 Å². The van der Waals surface area contributed by atoms with E-state index in [1.54, 1.807) is 36.1 Å². The lowest BCUT2D eigenvalue weighted by molar-refractivity contribution is -0.118. The summed E-state index contributed by atoms with van der Waals surface area (Å²) in [5.41, 5.74) is 3.50. The normalized spacial score (nSPS) is 13.1. The first-order valence-electron chi connectivity index (χ1n) is 13.4. The molecule has 0 spiro atoms. The number of ketones is 1. The summed E-state index contributed by atoms with van der Waals surface area (Å²) >= 11 is 6.09. The highest BCUT2D eigenvalue weighted by molar-refractivity contribution is 8.32. The number of ether oxygens (including phenoxy) is 1. The molecule has 3 aromatic rings. The number of benzodiazepines with no additional fused rings is 1. The van der Waals surface area contributed by atoms with Crippen molar-refractivity contribution in [2.75, 3.05) is 43.4 Å². The van der Waals surface area contributed by atoms with E-state index in [0.29, 0.717) is 33.3 Å². The summed E-state index contributed by atoms with van der Waals surface area (Å²) in [6.07, 6.45) is 6.65. The highest BCUT2D eigenvalue weighted by Gasteiger charge is 2.25. The maximum Gasteiger partial charge on any atom is 0.216 e. The van der Waals surface area contributed by atoms with Crippen molar-refractivity contribution in [3.8, 4) is 5.75 Å². The lowest BCUT2D eigenvalue weighted by Crippen LogP contribution is -2.35. The van der Waals surface area contributed by atoms with Gasteiger partial charge in [-0.1, -0.05) is 35.9 Å². The molecule has 1 aliphatic rings. The number of carbonyl (C=O) groups is 2. The number of aliphatic imine (C=N–C) groups is 1. The van der Waals surface area contributed by atoms with Crippen molar-refractivity contribution >= 4 is 56.4 Å². The van der Waals surface area contributed by atoms with Gasteiger partial charge in [0, 0.05) is 35.2 Å². The molecular weight excluding hydrogens is 570 g/mol. The minimum Gasteiger partial charge on any atom is -0.485 e. The van der Waals surface area contributed by atoms with E-state index < -0.39 is 10.0 Å². The fourth-order valence-corrected chi connectivity index (χ4v) is 5.29. The number of Topliss-reactive ketones (excluding diaryl/α,β-unsaturated/α-hetero) is 1. The van der Waals surface area contributed by atoms with Crippen LogP contribution in [-0.2, 0) is 4.79 Å². The number of halogens is 1. The van der Waals surface area contributed by atoms with Crippen molar-refractivity contribution in [3.05, 3.63) is 88.4 Å². The molecule has 0 fully saturated rings. The summed E-state index contributed by atoms with van der Waals surface area (Å²) in [6.45, 7) is 5.79. The number of nitrogens with one attached hydrogen (secondary N) is 3. The predicted molar refractivity (Wildman–Crippen MR) is 176 cm³/mol. The fourth-order valence-electron chi connectivity index (χ4n) is 4.21. The van der Waals surface area contributed by atoms with E-state index in [4.69, 9.17) is 27.2 Å². The van der Waals surface area contributed by atoms with Gasteiger partial charge in [-0.3, -0.25) is 30.3 Å². The summed E-state index contributed by atoms with van der Waals surface area (Å²) < 4.78 is 5.91. The number of amidine groups is 2. The second-order valence-electron chi connectivity index (χ2n) is 10.4. The third-order valence-electron chi connectivity index (χ3n) is 6.25. The lowest BCUT2D eigenvalue weighted by atomic mass is 9.99. The molecule has 222 valence electrons. The summed E-state index contributed by atoms with van der Waals surface area (Å²) in [5, 5.41) is 19.9. The molecule has 0 aliphatic carbocycles. The van der Waals surface area contributed by atoms with Gasteiger partial charge in [0.05, 0.1) is 17.9 Å². The standard InChI is InChI=1S/C28H29ClN4O2S.C4H9NO/c1-18(30)33-25-14-11-22(35-17-26(34)19-7-12-23(13-8-19)36(2,3)4)15-24(25)28(32-16-27(33)31)20-5-9-21(29)10-6-20;1-3-5-4(2)6/h5-15,30-31H,16-17H2,1-4H3;3H2,1-2H3,(H,5,6). The lowest BCUT2D eigenvalue weighted by Gasteiger charge is -2.25. The van der Waals surface area contributed by atoms with Crippen molar-refractivity contribution in [3.63, 3.8) is 0 Å². The Morgan fingerprint density at radius 3 is 2.19 bits per heavy atom. The number of carbonyl (C=O) groups excluding carboxylic acids is 2. The number of anilines is 1. The average molecular weight is 608 g/mol. The van der Waals surface area contributed by atoms with Crippen LogP contribution in [0, 0.1) is 10.8 Å². The number of amides is 1. The topological polar surface area (TPSA) is 119 Å². The van der Waals surface area contributed by atoms with Gasteiger partial charge in [0.15, 0.2) is 12.4 Å². The van der Waals surface area contributed by atoms with Crippen LogP contribution in [0.15, 0.2) is 76.6 Å². The Balaban J connectivity index is 0.000000730. The van der Waals surface area contributed by atoms with Crippen molar-refractivity contribution in [2.45, 2.75) is 25.7 Å². The first-order valence-corrected chi connectivity index (χ1v) is 16.6. The van der Waals surface area contributed by atoms with E-state index in [-0.39, 0.29) is 36.5 Å². The van der Waals surface area contributed by atoms with Gasteiger partial charge < -0.3 is 10.1 Å². The molecule has 1 aliphatic heterocycles. The summed E-state index contributed by atoms with van der Waals surface area (Å²) in [5.74, 6) is 0.870.